The number of hydrogen-bond acceptors (Lipinski definition) is 5. The maximum Gasteiger partial charge on any atom is 0.336 e. The Morgan fingerprint density at radius 3 is 2.55 bits per heavy atom. The van der Waals surface area contributed by atoms with Gasteiger partial charge < -0.3 is 18.3 Å². The van der Waals surface area contributed by atoms with Crippen molar-refractivity contribution in [3.8, 4) is 11.5 Å². The SMILES string of the molecule is O=c1ccc2c(OCCCOc3cccc4ccccc34)c3ccoc3cc2o1. The van der Waals surface area contributed by atoms with Crippen LogP contribution in [0.15, 0.2) is 86.6 Å². The van der Waals surface area contributed by atoms with Gasteiger partial charge in [0.2, 0.25) is 0 Å². The van der Waals surface area contributed by atoms with Crippen molar-refractivity contribution >= 4 is 32.7 Å². The van der Waals surface area contributed by atoms with Crippen LogP contribution in [-0.4, -0.2) is 13.2 Å². The number of rotatable bonds is 6. The lowest BCUT2D eigenvalue weighted by Gasteiger charge is -2.12. The summed E-state index contributed by atoms with van der Waals surface area (Å²) in [5.74, 6) is 1.52. The third kappa shape index (κ3) is 3.31. The van der Waals surface area contributed by atoms with Gasteiger partial charge in [0, 0.05) is 23.9 Å². The highest BCUT2D eigenvalue weighted by molar-refractivity contribution is 6.01. The van der Waals surface area contributed by atoms with Crippen LogP contribution in [0.5, 0.6) is 11.5 Å². The Balaban J connectivity index is 1.31. The first-order chi connectivity index (χ1) is 14.3. The van der Waals surface area contributed by atoms with Crippen LogP contribution in [0.1, 0.15) is 6.42 Å². The monoisotopic (exact) mass is 386 g/mol. The highest BCUT2D eigenvalue weighted by atomic mass is 16.5. The van der Waals surface area contributed by atoms with Crippen LogP contribution in [0.3, 0.4) is 0 Å². The Hall–Kier alpha value is -3.73. The summed E-state index contributed by atoms with van der Waals surface area (Å²) < 4.78 is 22.8. The minimum Gasteiger partial charge on any atom is -0.493 e. The minimum absolute atomic E-state index is 0.405. The zero-order valence-electron chi connectivity index (χ0n) is 15.6. The molecule has 144 valence electrons. The fraction of sp³-hybridized carbons (Fsp3) is 0.125. The number of ether oxygens (including phenoxy) is 2. The summed E-state index contributed by atoms with van der Waals surface area (Å²) in [5, 5.41) is 3.84. The van der Waals surface area contributed by atoms with E-state index in [0.717, 1.165) is 27.3 Å². The first kappa shape index (κ1) is 17.4. The largest absolute Gasteiger partial charge is 0.493 e. The van der Waals surface area contributed by atoms with Gasteiger partial charge in [0.05, 0.1) is 30.2 Å². The van der Waals surface area contributed by atoms with Crippen molar-refractivity contribution in [1.82, 2.24) is 0 Å². The normalized spacial score (nSPS) is 11.3. The maximum atomic E-state index is 11.5. The van der Waals surface area contributed by atoms with Crippen LogP contribution in [0.25, 0.3) is 32.7 Å². The van der Waals surface area contributed by atoms with E-state index in [2.05, 4.69) is 18.2 Å². The Morgan fingerprint density at radius 2 is 1.59 bits per heavy atom. The summed E-state index contributed by atoms with van der Waals surface area (Å²) in [6, 6.07) is 20.9. The Labute approximate surface area is 166 Å². The zero-order chi connectivity index (χ0) is 19.6. The van der Waals surface area contributed by atoms with Gasteiger partial charge in [-0.2, -0.15) is 0 Å². The molecule has 0 bridgehead atoms. The summed E-state index contributed by atoms with van der Waals surface area (Å²) in [6.07, 6.45) is 2.30. The minimum atomic E-state index is -0.405. The molecule has 0 aliphatic heterocycles. The Bertz CT molecular complexity index is 1360. The highest BCUT2D eigenvalue weighted by Gasteiger charge is 2.13. The Morgan fingerprint density at radius 1 is 0.759 bits per heavy atom. The van der Waals surface area contributed by atoms with E-state index in [1.54, 1.807) is 18.4 Å². The molecular formula is C24H18O5. The van der Waals surface area contributed by atoms with Gasteiger partial charge in [0.15, 0.2) is 0 Å². The molecule has 0 radical (unpaired) electrons. The smallest absolute Gasteiger partial charge is 0.336 e. The third-order valence-electron chi connectivity index (χ3n) is 4.85. The van der Waals surface area contributed by atoms with Crippen molar-refractivity contribution < 1.29 is 18.3 Å². The van der Waals surface area contributed by atoms with Gasteiger partial charge in [-0.05, 0) is 23.6 Å². The van der Waals surface area contributed by atoms with E-state index in [9.17, 15) is 4.79 Å². The van der Waals surface area contributed by atoms with Gasteiger partial charge in [0.25, 0.3) is 0 Å². The van der Waals surface area contributed by atoms with Gasteiger partial charge >= 0.3 is 5.63 Å². The molecule has 5 aromatic rings. The van der Waals surface area contributed by atoms with Crippen molar-refractivity contribution in [2.24, 2.45) is 0 Å². The van der Waals surface area contributed by atoms with Crippen LogP contribution >= 0.6 is 0 Å². The maximum absolute atomic E-state index is 11.5. The van der Waals surface area contributed by atoms with Crippen LogP contribution in [0.4, 0.5) is 0 Å². The Kier molecular flexibility index (Phi) is 4.41. The lowest BCUT2D eigenvalue weighted by molar-refractivity contribution is 0.252. The fourth-order valence-corrected chi connectivity index (χ4v) is 3.50. The van der Waals surface area contributed by atoms with Crippen LogP contribution in [0, 0.1) is 0 Å². The van der Waals surface area contributed by atoms with Crippen LogP contribution in [-0.2, 0) is 0 Å². The van der Waals surface area contributed by atoms with E-state index in [1.807, 2.05) is 30.3 Å². The van der Waals surface area contributed by atoms with Gasteiger partial charge in [-0.15, -0.1) is 0 Å². The topological polar surface area (TPSA) is 61.8 Å². The molecule has 0 N–H and O–H groups in total. The first-order valence-electron chi connectivity index (χ1n) is 9.47. The second-order valence-electron chi connectivity index (χ2n) is 6.73. The fourth-order valence-electron chi connectivity index (χ4n) is 3.50. The molecule has 2 aromatic heterocycles. The van der Waals surface area contributed by atoms with Crippen molar-refractivity contribution in [3.63, 3.8) is 0 Å². The van der Waals surface area contributed by atoms with E-state index in [1.165, 1.54) is 6.07 Å². The van der Waals surface area contributed by atoms with Gasteiger partial charge in [-0.3, -0.25) is 0 Å². The summed E-state index contributed by atoms with van der Waals surface area (Å²) in [5.41, 5.74) is 0.661. The molecule has 0 fully saturated rings. The molecule has 0 aliphatic carbocycles. The molecule has 0 amide bonds. The van der Waals surface area contributed by atoms with Crippen molar-refractivity contribution in [2.75, 3.05) is 13.2 Å². The number of fused-ring (bicyclic) bond motifs is 3. The molecule has 2 heterocycles. The molecule has 0 aliphatic rings. The second-order valence-corrected chi connectivity index (χ2v) is 6.73. The molecule has 5 heteroatoms. The summed E-state index contributed by atoms with van der Waals surface area (Å²) in [6.45, 7) is 0.992. The standard InChI is InChI=1S/C24H18O5/c25-23-10-9-18-22(29-23)15-21-19(11-14-27-21)24(18)28-13-4-12-26-20-8-3-6-16-5-1-2-7-17(16)20/h1-3,5-11,14-15H,4,12-13H2. The molecule has 0 spiro atoms. The molecule has 0 saturated heterocycles. The van der Waals surface area contributed by atoms with Crippen molar-refractivity contribution in [2.45, 2.75) is 6.42 Å². The average molecular weight is 386 g/mol. The molecule has 0 saturated carbocycles. The number of hydrogen-bond donors (Lipinski definition) is 0. The van der Waals surface area contributed by atoms with E-state index >= 15 is 0 Å². The quantitative estimate of drug-likeness (QED) is 0.283. The zero-order valence-corrected chi connectivity index (χ0v) is 15.6. The molecule has 0 atom stereocenters. The van der Waals surface area contributed by atoms with Crippen LogP contribution < -0.4 is 15.1 Å². The number of benzene rings is 3. The molecule has 29 heavy (non-hydrogen) atoms. The summed E-state index contributed by atoms with van der Waals surface area (Å²) in [4.78, 5) is 11.5. The molecule has 5 nitrogen and oxygen atoms in total. The summed E-state index contributed by atoms with van der Waals surface area (Å²) in [7, 11) is 0. The van der Waals surface area contributed by atoms with Crippen molar-refractivity contribution in [3.05, 3.63) is 83.4 Å². The third-order valence-corrected chi connectivity index (χ3v) is 4.85. The van der Waals surface area contributed by atoms with Gasteiger partial charge in [-0.25, -0.2) is 4.79 Å². The first-order valence-corrected chi connectivity index (χ1v) is 9.47. The van der Waals surface area contributed by atoms with Gasteiger partial charge in [0.1, 0.15) is 22.7 Å². The summed E-state index contributed by atoms with van der Waals surface area (Å²) >= 11 is 0. The predicted octanol–water partition coefficient (Wildman–Crippen LogP) is 5.54. The predicted molar refractivity (Wildman–Crippen MR) is 112 cm³/mol. The molecule has 0 unspecified atom stereocenters. The molecular weight excluding hydrogens is 368 g/mol. The number of furan rings is 1. The van der Waals surface area contributed by atoms with Gasteiger partial charge in [-0.1, -0.05) is 36.4 Å². The molecule has 5 rings (SSSR count). The van der Waals surface area contributed by atoms with Crippen LogP contribution in [0.2, 0.25) is 0 Å². The lowest BCUT2D eigenvalue weighted by Crippen LogP contribution is -2.06. The van der Waals surface area contributed by atoms with E-state index in [4.69, 9.17) is 18.3 Å². The second kappa shape index (κ2) is 7.36. The average Bonchev–Trinajstić information content (AvgIpc) is 3.21. The highest BCUT2D eigenvalue weighted by Crippen LogP contribution is 2.35. The molecule has 3 aromatic carbocycles. The van der Waals surface area contributed by atoms with E-state index < -0.39 is 5.63 Å². The van der Waals surface area contributed by atoms with E-state index in [-0.39, 0.29) is 0 Å². The van der Waals surface area contributed by atoms with E-state index in [0.29, 0.717) is 36.6 Å². The lowest BCUT2D eigenvalue weighted by atomic mass is 10.1. The van der Waals surface area contributed by atoms with Crippen molar-refractivity contribution in [1.29, 1.82) is 0 Å².